The average molecular weight is 298 g/mol. The van der Waals surface area contributed by atoms with Gasteiger partial charge in [-0.2, -0.15) is 0 Å². The molecule has 0 aromatic heterocycles. The maximum absolute atomic E-state index is 11.6. The molecule has 5 heteroatoms. The molecule has 0 saturated carbocycles. The third-order valence-electron chi connectivity index (χ3n) is 2.90. The van der Waals surface area contributed by atoms with Gasteiger partial charge in [-0.25, -0.2) is 9.59 Å². The van der Waals surface area contributed by atoms with Gasteiger partial charge in [-0.15, -0.1) is 0 Å². The smallest absolute Gasteiger partial charge is 0.336 e. The predicted molar refractivity (Wildman–Crippen MR) is 80.8 cm³/mol. The lowest BCUT2D eigenvalue weighted by Gasteiger charge is -2.14. The number of ether oxygens (including phenoxy) is 3. The minimum absolute atomic E-state index is 0.00903. The van der Waals surface area contributed by atoms with Crippen LogP contribution in [-0.4, -0.2) is 37.4 Å². The monoisotopic (exact) mass is 298 g/mol. The van der Waals surface area contributed by atoms with Crippen LogP contribution in [0.25, 0.3) is 0 Å². The van der Waals surface area contributed by atoms with Gasteiger partial charge in [0.25, 0.3) is 0 Å². The third-order valence-corrected chi connectivity index (χ3v) is 2.90. The summed E-state index contributed by atoms with van der Waals surface area (Å²) in [7, 11) is 0. The van der Waals surface area contributed by atoms with Gasteiger partial charge in [0, 0.05) is 0 Å². The van der Waals surface area contributed by atoms with Gasteiger partial charge in [-0.1, -0.05) is 27.0 Å². The van der Waals surface area contributed by atoms with Crippen molar-refractivity contribution >= 4 is 11.9 Å². The molecule has 0 radical (unpaired) electrons. The molecule has 0 saturated heterocycles. The lowest BCUT2D eigenvalue weighted by molar-refractivity contribution is -0.144. The molecule has 2 unspecified atom stereocenters. The Morgan fingerprint density at radius 2 is 1.19 bits per heavy atom. The van der Waals surface area contributed by atoms with Crippen LogP contribution in [0.3, 0.4) is 0 Å². The van der Waals surface area contributed by atoms with Crippen molar-refractivity contribution < 1.29 is 23.8 Å². The van der Waals surface area contributed by atoms with E-state index in [1.165, 1.54) is 0 Å². The number of hydrogen-bond acceptors (Lipinski definition) is 5. The fourth-order valence-electron chi connectivity index (χ4n) is 1.11. The Kier molecular flexibility index (Phi) is 9.37. The van der Waals surface area contributed by atoms with E-state index < -0.39 is 11.9 Å². The highest BCUT2D eigenvalue weighted by atomic mass is 16.6. The highest BCUT2D eigenvalue weighted by Crippen LogP contribution is 2.06. The molecule has 0 aromatic carbocycles. The minimum Gasteiger partial charge on any atom is -0.459 e. The van der Waals surface area contributed by atoms with Gasteiger partial charge in [0.2, 0.25) is 0 Å². The van der Waals surface area contributed by atoms with Gasteiger partial charge in [0.15, 0.2) is 0 Å². The molecule has 0 bridgehead atoms. The zero-order valence-corrected chi connectivity index (χ0v) is 13.4. The highest BCUT2D eigenvalue weighted by Gasteiger charge is 2.15. The second-order valence-corrected chi connectivity index (χ2v) is 4.95. The zero-order valence-electron chi connectivity index (χ0n) is 13.4. The molecule has 2 atom stereocenters. The van der Waals surface area contributed by atoms with E-state index in [-0.39, 0.29) is 36.6 Å². The second kappa shape index (κ2) is 10.2. The Morgan fingerprint density at radius 3 is 1.48 bits per heavy atom. The summed E-state index contributed by atoms with van der Waals surface area (Å²) in [5, 5.41) is 0. The van der Waals surface area contributed by atoms with E-state index in [1.807, 2.05) is 13.8 Å². The maximum Gasteiger partial charge on any atom is 0.336 e. The Labute approximate surface area is 126 Å². The molecule has 0 N–H and O–H groups in total. The van der Waals surface area contributed by atoms with Crippen molar-refractivity contribution in [3.05, 3.63) is 24.3 Å². The molecule has 0 amide bonds. The molecule has 0 aromatic rings. The lowest BCUT2D eigenvalue weighted by atomic mass is 10.3. The van der Waals surface area contributed by atoms with Gasteiger partial charge in [-0.3, -0.25) is 0 Å². The van der Waals surface area contributed by atoms with E-state index in [2.05, 4.69) is 13.2 Å². The summed E-state index contributed by atoms with van der Waals surface area (Å²) in [6, 6.07) is 0. The number of rotatable bonds is 10. The average Bonchev–Trinajstić information content (AvgIpc) is 2.46. The quantitative estimate of drug-likeness (QED) is 0.458. The van der Waals surface area contributed by atoms with Crippen LogP contribution in [0, 0.1) is 0 Å². The minimum atomic E-state index is -0.489. The Morgan fingerprint density at radius 1 is 0.857 bits per heavy atom. The summed E-state index contributed by atoms with van der Waals surface area (Å²) < 4.78 is 15.4. The van der Waals surface area contributed by atoms with Gasteiger partial charge in [0.05, 0.1) is 36.6 Å². The molecule has 0 aliphatic rings. The van der Waals surface area contributed by atoms with Gasteiger partial charge in [0.1, 0.15) is 0 Å². The molecule has 21 heavy (non-hydrogen) atoms. The van der Waals surface area contributed by atoms with E-state index in [4.69, 9.17) is 14.2 Å². The summed E-state index contributed by atoms with van der Waals surface area (Å²) in [5.41, 5.74) is 0.414. The SMILES string of the molecule is C=C(COCC(=C)C(=O)OC(C)CC)C(=O)OC(C)CC. The summed E-state index contributed by atoms with van der Waals surface area (Å²) >= 11 is 0. The van der Waals surface area contributed by atoms with Crippen LogP contribution in [0.15, 0.2) is 24.3 Å². The van der Waals surface area contributed by atoms with E-state index in [1.54, 1.807) is 13.8 Å². The van der Waals surface area contributed by atoms with Gasteiger partial charge in [-0.05, 0) is 26.7 Å². The van der Waals surface area contributed by atoms with Crippen LogP contribution in [0.5, 0.6) is 0 Å². The van der Waals surface area contributed by atoms with Crippen LogP contribution in [0.2, 0.25) is 0 Å². The second-order valence-electron chi connectivity index (χ2n) is 4.95. The predicted octanol–water partition coefficient (Wildman–Crippen LogP) is 2.80. The van der Waals surface area contributed by atoms with Crippen LogP contribution < -0.4 is 0 Å². The number of carbonyl (C=O) groups excluding carboxylic acids is 2. The molecule has 0 aliphatic carbocycles. The fraction of sp³-hybridized carbons (Fsp3) is 0.625. The topological polar surface area (TPSA) is 61.8 Å². The molecular formula is C16H26O5. The Hall–Kier alpha value is -1.62. The standard InChI is InChI=1S/C16H26O5/c1-7-13(5)20-15(17)11(3)9-19-10-12(4)16(18)21-14(6)8-2/h13-14H,3-4,7-10H2,1-2,5-6H3. The molecule has 120 valence electrons. The van der Waals surface area contributed by atoms with Crippen molar-refractivity contribution in [2.45, 2.75) is 52.7 Å². The largest absolute Gasteiger partial charge is 0.459 e. The van der Waals surface area contributed by atoms with E-state index in [0.29, 0.717) is 0 Å². The van der Waals surface area contributed by atoms with Crippen molar-refractivity contribution in [2.75, 3.05) is 13.2 Å². The van der Waals surface area contributed by atoms with Crippen LogP contribution in [0.1, 0.15) is 40.5 Å². The first-order valence-electron chi connectivity index (χ1n) is 7.16. The lowest BCUT2D eigenvalue weighted by Crippen LogP contribution is -2.20. The van der Waals surface area contributed by atoms with Crippen LogP contribution in [0.4, 0.5) is 0 Å². The molecule has 0 aliphatic heterocycles. The summed E-state index contributed by atoms with van der Waals surface area (Å²) in [5.74, 6) is -0.978. The van der Waals surface area contributed by atoms with Crippen LogP contribution in [-0.2, 0) is 23.8 Å². The highest BCUT2D eigenvalue weighted by molar-refractivity contribution is 5.89. The Bertz CT molecular complexity index is 350. The van der Waals surface area contributed by atoms with Crippen LogP contribution >= 0.6 is 0 Å². The summed E-state index contributed by atoms with van der Waals surface area (Å²) in [6.07, 6.45) is 1.15. The molecule has 0 spiro atoms. The van der Waals surface area contributed by atoms with Crippen molar-refractivity contribution in [3.8, 4) is 0 Å². The van der Waals surface area contributed by atoms with E-state index in [9.17, 15) is 9.59 Å². The fourth-order valence-corrected chi connectivity index (χ4v) is 1.11. The first-order valence-corrected chi connectivity index (χ1v) is 7.16. The van der Waals surface area contributed by atoms with E-state index in [0.717, 1.165) is 12.8 Å². The Balaban J connectivity index is 4.02. The van der Waals surface area contributed by atoms with Crippen molar-refractivity contribution in [1.82, 2.24) is 0 Å². The zero-order chi connectivity index (χ0) is 16.4. The van der Waals surface area contributed by atoms with Crippen molar-refractivity contribution in [2.24, 2.45) is 0 Å². The summed E-state index contributed by atoms with van der Waals surface area (Å²) in [4.78, 5) is 23.2. The summed E-state index contributed by atoms with van der Waals surface area (Å²) in [6.45, 7) is 14.6. The molecule has 0 fully saturated rings. The number of hydrogen-bond donors (Lipinski definition) is 0. The third kappa shape index (κ3) is 8.30. The first-order chi connectivity index (χ1) is 9.81. The van der Waals surface area contributed by atoms with Crippen molar-refractivity contribution in [1.29, 1.82) is 0 Å². The number of carbonyl (C=O) groups is 2. The normalized spacial score (nSPS) is 13.1. The molecular weight excluding hydrogens is 272 g/mol. The molecule has 0 heterocycles. The van der Waals surface area contributed by atoms with Gasteiger partial charge < -0.3 is 14.2 Å². The van der Waals surface area contributed by atoms with E-state index >= 15 is 0 Å². The van der Waals surface area contributed by atoms with Crippen molar-refractivity contribution in [3.63, 3.8) is 0 Å². The molecule has 0 rings (SSSR count). The molecule has 5 nitrogen and oxygen atoms in total. The first kappa shape index (κ1) is 19.4. The maximum atomic E-state index is 11.6. The van der Waals surface area contributed by atoms with Gasteiger partial charge >= 0.3 is 11.9 Å². The number of esters is 2.